The summed E-state index contributed by atoms with van der Waals surface area (Å²) in [7, 11) is 0. The van der Waals surface area contributed by atoms with Crippen LogP contribution in [0.15, 0.2) is 24.0 Å². The van der Waals surface area contributed by atoms with E-state index < -0.39 is 0 Å². The molecule has 0 aliphatic rings. The van der Waals surface area contributed by atoms with Crippen LogP contribution in [0, 0.1) is 0 Å². The van der Waals surface area contributed by atoms with E-state index in [0.29, 0.717) is 0 Å². The molecule has 0 N–H and O–H groups in total. The predicted molar refractivity (Wildman–Crippen MR) is 85.5 cm³/mol. The number of thioether (sulfide) groups is 1. The molecule has 1 heteroatoms. The molecule has 0 fully saturated rings. The van der Waals surface area contributed by atoms with Crippen molar-refractivity contribution in [3.05, 3.63) is 24.0 Å². The smallest absolute Gasteiger partial charge is 0.0320 e. The second-order valence-electron chi connectivity index (χ2n) is 4.30. The van der Waals surface area contributed by atoms with Gasteiger partial charge in [-0.2, -0.15) is 0 Å². The maximum atomic E-state index is 3.44. The molecule has 0 saturated heterocycles. The summed E-state index contributed by atoms with van der Waals surface area (Å²) in [6.45, 7) is 11.4. The molecule has 0 saturated carbocycles. The Hall–Kier alpha value is -0.170. The summed E-state index contributed by atoms with van der Waals surface area (Å²) in [5.74, 6) is 0. The Morgan fingerprint density at radius 3 is 1.12 bits per heavy atom. The van der Waals surface area contributed by atoms with Crippen LogP contribution in [0.25, 0.3) is 0 Å². The van der Waals surface area contributed by atoms with Crippen molar-refractivity contribution in [3.8, 4) is 0 Å². The van der Waals surface area contributed by atoms with Crippen LogP contribution in [-0.2, 0) is 0 Å². The van der Waals surface area contributed by atoms with Gasteiger partial charge in [0.15, 0.2) is 0 Å². The van der Waals surface area contributed by atoms with Gasteiger partial charge in [0, 0.05) is 0 Å². The molecular formula is C16H32S. The van der Waals surface area contributed by atoms with E-state index in [2.05, 4.69) is 27.0 Å². The first-order chi connectivity index (χ1) is 8.33. The Kier molecular flexibility index (Phi) is 23.9. The lowest BCUT2D eigenvalue weighted by Gasteiger charge is -1.99. The molecule has 0 unspecified atom stereocenters. The lowest BCUT2D eigenvalue weighted by molar-refractivity contribution is 0.562. The maximum absolute atomic E-state index is 3.44. The van der Waals surface area contributed by atoms with Crippen molar-refractivity contribution in [3.63, 3.8) is 0 Å². The fraction of sp³-hybridized carbons (Fsp3) is 0.750. The van der Waals surface area contributed by atoms with E-state index in [1.165, 1.54) is 76.0 Å². The molecule has 0 radical (unpaired) electrons. The van der Waals surface area contributed by atoms with Crippen molar-refractivity contribution < 1.29 is 0 Å². The van der Waals surface area contributed by atoms with Crippen molar-refractivity contribution in [1.29, 1.82) is 0 Å². The average Bonchev–Trinajstić information content (AvgIpc) is 2.34. The van der Waals surface area contributed by atoms with Crippen LogP contribution in [0.1, 0.15) is 78.1 Å². The number of unbranched alkanes of at least 4 members (excludes halogenated alkanes) is 9. The number of hydrogen-bond donors (Lipinski definition) is 0. The fourth-order valence-corrected chi connectivity index (χ4v) is 1.76. The molecule has 0 aliphatic heterocycles. The van der Waals surface area contributed by atoms with Gasteiger partial charge < -0.3 is 0 Å². The SMILES string of the molecule is C=CSC=C.CCCCCCCCCCCC. The molecule has 0 aromatic rings. The van der Waals surface area contributed by atoms with Crippen molar-refractivity contribution in [2.75, 3.05) is 0 Å². The average molecular weight is 256 g/mol. The molecule has 17 heavy (non-hydrogen) atoms. The molecule has 0 aromatic carbocycles. The minimum absolute atomic E-state index is 1.37. The van der Waals surface area contributed by atoms with Crippen LogP contribution in [-0.4, -0.2) is 0 Å². The van der Waals surface area contributed by atoms with Gasteiger partial charge in [0.1, 0.15) is 0 Å². The standard InChI is InChI=1S/C12H26.C4H6S/c1-3-5-7-9-11-12-10-8-6-4-2;1-3-5-4-2/h3-12H2,1-2H3;3-4H,1-2H2. The van der Waals surface area contributed by atoms with Gasteiger partial charge in [-0.25, -0.2) is 0 Å². The van der Waals surface area contributed by atoms with Gasteiger partial charge in [-0.3, -0.25) is 0 Å². The third-order valence-corrected chi connectivity index (χ3v) is 3.03. The summed E-state index contributed by atoms with van der Waals surface area (Å²) in [4.78, 5) is 0. The summed E-state index contributed by atoms with van der Waals surface area (Å²) in [5.41, 5.74) is 0. The van der Waals surface area contributed by atoms with Crippen LogP contribution >= 0.6 is 11.8 Å². The maximum Gasteiger partial charge on any atom is -0.0320 e. The first-order valence-corrected chi connectivity index (χ1v) is 8.14. The van der Waals surface area contributed by atoms with Gasteiger partial charge in [0.2, 0.25) is 0 Å². The summed E-state index contributed by atoms with van der Waals surface area (Å²) < 4.78 is 0. The third kappa shape index (κ3) is 25.8. The first-order valence-electron chi connectivity index (χ1n) is 7.20. The monoisotopic (exact) mass is 256 g/mol. The lowest BCUT2D eigenvalue weighted by Crippen LogP contribution is -1.80. The topological polar surface area (TPSA) is 0 Å². The lowest BCUT2D eigenvalue weighted by atomic mass is 10.1. The Labute approximate surface area is 114 Å². The van der Waals surface area contributed by atoms with Gasteiger partial charge in [-0.05, 0) is 10.8 Å². The van der Waals surface area contributed by atoms with E-state index in [1.807, 2.05) is 0 Å². The van der Waals surface area contributed by atoms with E-state index in [-0.39, 0.29) is 0 Å². The molecule has 0 atom stereocenters. The zero-order chi connectivity index (χ0) is 13.2. The first kappa shape index (κ1) is 19.2. The second-order valence-corrected chi connectivity index (χ2v) is 5.24. The van der Waals surface area contributed by atoms with Gasteiger partial charge >= 0.3 is 0 Å². The largest absolute Gasteiger partial charge is 0.107 e. The molecule has 0 aromatic heterocycles. The van der Waals surface area contributed by atoms with Crippen LogP contribution in [0.3, 0.4) is 0 Å². The molecule has 0 bridgehead atoms. The quantitative estimate of drug-likeness (QED) is 0.361. The fourth-order valence-electron chi connectivity index (χ4n) is 1.63. The third-order valence-electron chi connectivity index (χ3n) is 2.65. The summed E-state index contributed by atoms with van der Waals surface area (Å²) >= 11 is 1.49. The van der Waals surface area contributed by atoms with Crippen molar-refractivity contribution in [1.82, 2.24) is 0 Å². The molecule has 0 spiro atoms. The van der Waals surface area contributed by atoms with Crippen molar-refractivity contribution in [2.45, 2.75) is 78.1 Å². The van der Waals surface area contributed by atoms with Gasteiger partial charge in [0.25, 0.3) is 0 Å². The Bertz CT molecular complexity index is 124. The van der Waals surface area contributed by atoms with Crippen molar-refractivity contribution in [2.24, 2.45) is 0 Å². The predicted octanol–water partition coefficient (Wildman–Crippen LogP) is 6.93. The highest BCUT2D eigenvalue weighted by atomic mass is 32.2. The van der Waals surface area contributed by atoms with E-state index in [9.17, 15) is 0 Å². The Morgan fingerprint density at radius 1 is 0.647 bits per heavy atom. The highest BCUT2D eigenvalue weighted by molar-refractivity contribution is 8.04. The summed E-state index contributed by atoms with van der Waals surface area (Å²) in [6.07, 6.45) is 14.4. The van der Waals surface area contributed by atoms with Crippen LogP contribution < -0.4 is 0 Å². The Balaban J connectivity index is 0. The molecule has 0 aliphatic carbocycles. The van der Waals surface area contributed by atoms with E-state index in [4.69, 9.17) is 0 Å². The normalized spacial score (nSPS) is 9.29. The number of hydrogen-bond acceptors (Lipinski definition) is 1. The molecule has 0 rings (SSSR count). The van der Waals surface area contributed by atoms with E-state index in [0.717, 1.165) is 0 Å². The van der Waals surface area contributed by atoms with E-state index in [1.54, 1.807) is 10.8 Å². The zero-order valence-electron chi connectivity index (χ0n) is 12.0. The molecule has 102 valence electrons. The Morgan fingerprint density at radius 2 is 0.941 bits per heavy atom. The zero-order valence-corrected chi connectivity index (χ0v) is 12.9. The highest BCUT2D eigenvalue weighted by Gasteiger charge is 1.90. The summed E-state index contributed by atoms with van der Waals surface area (Å²) in [5, 5.41) is 3.46. The van der Waals surface area contributed by atoms with Crippen molar-refractivity contribution >= 4 is 11.8 Å². The molecule has 0 amide bonds. The second kappa shape index (κ2) is 21.1. The van der Waals surface area contributed by atoms with Crippen LogP contribution in [0.4, 0.5) is 0 Å². The minimum atomic E-state index is 1.37. The highest BCUT2D eigenvalue weighted by Crippen LogP contribution is 2.09. The van der Waals surface area contributed by atoms with Crippen LogP contribution in [0.2, 0.25) is 0 Å². The molecule has 0 heterocycles. The number of rotatable bonds is 11. The molecule has 0 nitrogen and oxygen atoms in total. The van der Waals surface area contributed by atoms with Gasteiger partial charge in [-0.15, -0.1) is 11.8 Å². The minimum Gasteiger partial charge on any atom is -0.107 e. The summed E-state index contributed by atoms with van der Waals surface area (Å²) in [6, 6.07) is 0. The van der Waals surface area contributed by atoms with Crippen LogP contribution in [0.5, 0.6) is 0 Å². The van der Waals surface area contributed by atoms with Gasteiger partial charge in [0.05, 0.1) is 0 Å². The molecular weight excluding hydrogens is 224 g/mol. The van der Waals surface area contributed by atoms with Gasteiger partial charge in [-0.1, -0.05) is 91.2 Å². The van der Waals surface area contributed by atoms with E-state index >= 15 is 0 Å².